The molecule has 0 aromatic rings. The maximum atomic E-state index is 11.0. The Morgan fingerprint density at radius 3 is 2.58 bits per heavy atom. The maximum absolute atomic E-state index is 11.0. The van der Waals surface area contributed by atoms with Crippen molar-refractivity contribution in [1.82, 2.24) is 4.90 Å². The summed E-state index contributed by atoms with van der Waals surface area (Å²) in [6.45, 7) is 2.43. The molecule has 0 aromatic carbocycles. The molecule has 1 atom stereocenters. The maximum Gasteiger partial charge on any atom is 0.209 e. The van der Waals surface area contributed by atoms with Crippen LogP contribution in [0.1, 0.15) is 13.3 Å². The number of rotatable bonds is 3. The van der Waals surface area contributed by atoms with Crippen LogP contribution in [-0.4, -0.2) is 43.8 Å². The standard InChI is InChI=1S/C7H13NO3S/c1-2-8(6-9)7-3-4-12(10,11)5-7/h6-7H,2-5H2,1H3. The SMILES string of the molecule is CCN(C=O)C1CCS(=O)(=O)C1. The number of nitrogens with zero attached hydrogens (tertiary/aromatic N) is 1. The molecule has 0 aliphatic carbocycles. The molecule has 1 aliphatic rings. The van der Waals surface area contributed by atoms with E-state index in [1.165, 1.54) is 0 Å². The molecule has 1 amide bonds. The lowest BCUT2D eigenvalue weighted by molar-refractivity contribution is -0.119. The Morgan fingerprint density at radius 1 is 1.58 bits per heavy atom. The fraction of sp³-hybridized carbons (Fsp3) is 0.857. The largest absolute Gasteiger partial charge is 0.342 e. The molecule has 0 radical (unpaired) electrons. The number of carbonyl (C=O) groups is 1. The second-order valence-corrected chi connectivity index (χ2v) is 5.22. The molecule has 0 N–H and O–H groups in total. The molecular formula is C7H13NO3S. The highest BCUT2D eigenvalue weighted by Crippen LogP contribution is 2.15. The molecule has 1 fully saturated rings. The summed E-state index contributed by atoms with van der Waals surface area (Å²) in [6.07, 6.45) is 1.32. The highest BCUT2D eigenvalue weighted by atomic mass is 32.2. The van der Waals surface area contributed by atoms with Crippen LogP contribution in [0, 0.1) is 0 Å². The number of hydrogen-bond acceptors (Lipinski definition) is 3. The van der Waals surface area contributed by atoms with Crippen molar-refractivity contribution >= 4 is 16.2 Å². The normalized spacial score (nSPS) is 26.9. The quantitative estimate of drug-likeness (QED) is 0.573. The van der Waals surface area contributed by atoms with E-state index in [4.69, 9.17) is 0 Å². The van der Waals surface area contributed by atoms with Gasteiger partial charge < -0.3 is 4.90 Å². The molecule has 1 rings (SSSR count). The second-order valence-electron chi connectivity index (χ2n) is 2.99. The minimum absolute atomic E-state index is 0.0856. The summed E-state index contributed by atoms with van der Waals surface area (Å²) >= 11 is 0. The van der Waals surface area contributed by atoms with Gasteiger partial charge in [-0.2, -0.15) is 0 Å². The first-order valence-corrected chi connectivity index (χ1v) is 5.82. The molecular weight excluding hydrogens is 178 g/mol. The van der Waals surface area contributed by atoms with Gasteiger partial charge in [0.05, 0.1) is 11.5 Å². The van der Waals surface area contributed by atoms with Crippen LogP contribution < -0.4 is 0 Å². The van der Waals surface area contributed by atoms with Gasteiger partial charge in [-0.3, -0.25) is 4.79 Å². The minimum atomic E-state index is -2.86. The Labute approximate surface area is 72.5 Å². The van der Waals surface area contributed by atoms with Gasteiger partial charge in [-0.25, -0.2) is 8.42 Å². The first kappa shape index (κ1) is 9.51. The molecule has 0 spiro atoms. The van der Waals surface area contributed by atoms with Crippen LogP contribution >= 0.6 is 0 Å². The van der Waals surface area contributed by atoms with E-state index in [0.29, 0.717) is 13.0 Å². The zero-order valence-electron chi connectivity index (χ0n) is 7.06. The molecule has 70 valence electrons. The van der Waals surface area contributed by atoms with Crippen LogP contribution in [0.4, 0.5) is 0 Å². The van der Waals surface area contributed by atoms with Gasteiger partial charge in [0, 0.05) is 12.6 Å². The van der Waals surface area contributed by atoms with Gasteiger partial charge in [0.2, 0.25) is 6.41 Å². The molecule has 5 heteroatoms. The zero-order valence-corrected chi connectivity index (χ0v) is 7.88. The van der Waals surface area contributed by atoms with Gasteiger partial charge >= 0.3 is 0 Å². The highest BCUT2D eigenvalue weighted by molar-refractivity contribution is 7.91. The van der Waals surface area contributed by atoms with Crippen molar-refractivity contribution in [3.63, 3.8) is 0 Å². The lowest BCUT2D eigenvalue weighted by Crippen LogP contribution is -2.34. The summed E-state index contributed by atoms with van der Waals surface area (Å²) < 4.78 is 22.1. The summed E-state index contributed by atoms with van der Waals surface area (Å²) in [5.74, 6) is 0.363. The fourth-order valence-corrected chi connectivity index (χ4v) is 3.20. The van der Waals surface area contributed by atoms with E-state index in [1.54, 1.807) is 4.90 Å². The molecule has 0 saturated carbocycles. The van der Waals surface area contributed by atoms with E-state index in [9.17, 15) is 13.2 Å². The van der Waals surface area contributed by atoms with E-state index in [0.717, 1.165) is 6.41 Å². The van der Waals surface area contributed by atoms with Crippen molar-refractivity contribution in [2.24, 2.45) is 0 Å². The van der Waals surface area contributed by atoms with Crippen molar-refractivity contribution in [2.45, 2.75) is 19.4 Å². The second kappa shape index (κ2) is 3.43. The zero-order chi connectivity index (χ0) is 9.19. The molecule has 0 bridgehead atoms. The average molecular weight is 191 g/mol. The minimum Gasteiger partial charge on any atom is -0.342 e. The fourth-order valence-electron chi connectivity index (χ4n) is 1.46. The predicted molar refractivity (Wildman–Crippen MR) is 45.5 cm³/mol. The Bertz CT molecular complexity index is 260. The van der Waals surface area contributed by atoms with Gasteiger partial charge in [-0.1, -0.05) is 0 Å². The van der Waals surface area contributed by atoms with Crippen molar-refractivity contribution in [3.05, 3.63) is 0 Å². The molecule has 12 heavy (non-hydrogen) atoms. The Morgan fingerprint density at radius 2 is 2.25 bits per heavy atom. The van der Waals surface area contributed by atoms with E-state index < -0.39 is 9.84 Å². The number of carbonyl (C=O) groups excluding carboxylic acids is 1. The average Bonchev–Trinajstić information content (AvgIpc) is 2.34. The predicted octanol–water partition coefficient (Wildman–Crippen LogP) is -0.348. The van der Waals surface area contributed by atoms with Gasteiger partial charge in [-0.15, -0.1) is 0 Å². The van der Waals surface area contributed by atoms with Crippen molar-refractivity contribution in [1.29, 1.82) is 0 Å². The highest BCUT2D eigenvalue weighted by Gasteiger charge is 2.30. The summed E-state index contributed by atoms with van der Waals surface area (Å²) in [7, 11) is -2.86. The van der Waals surface area contributed by atoms with Crippen LogP contribution in [0.15, 0.2) is 0 Å². The van der Waals surface area contributed by atoms with E-state index >= 15 is 0 Å². The summed E-state index contributed by atoms with van der Waals surface area (Å²) in [4.78, 5) is 12.0. The van der Waals surface area contributed by atoms with Gasteiger partial charge in [0.25, 0.3) is 0 Å². The van der Waals surface area contributed by atoms with E-state index in [1.807, 2.05) is 6.92 Å². The third kappa shape index (κ3) is 1.97. The molecule has 1 unspecified atom stereocenters. The van der Waals surface area contributed by atoms with Gasteiger partial charge in [-0.05, 0) is 13.3 Å². The van der Waals surface area contributed by atoms with Gasteiger partial charge in [0.1, 0.15) is 0 Å². The Balaban J connectivity index is 2.62. The van der Waals surface area contributed by atoms with Crippen LogP contribution in [0.2, 0.25) is 0 Å². The molecule has 4 nitrogen and oxygen atoms in total. The van der Waals surface area contributed by atoms with Crippen LogP contribution in [0.3, 0.4) is 0 Å². The smallest absolute Gasteiger partial charge is 0.209 e. The lowest BCUT2D eigenvalue weighted by Gasteiger charge is -2.21. The van der Waals surface area contributed by atoms with Crippen LogP contribution in [-0.2, 0) is 14.6 Å². The monoisotopic (exact) mass is 191 g/mol. The summed E-state index contributed by atoms with van der Waals surface area (Å²) in [6, 6.07) is -0.0856. The molecule has 1 saturated heterocycles. The molecule has 1 aliphatic heterocycles. The van der Waals surface area contributed by atoms with E-state index in [-0.39, 0.29) is 17.5 Å². The Hall–Kier alpha value is -0.580. The van der Waals surface area contributed by atoms with Crippen LogP contribution in [0.5, 0.6) is 0 Å². The number of sulfone groups is 1. The van der Waals surface area contributed by atoms with Crippen molar-refractivity contribution < 1.29 is 13.2 Å². The Kier molecular flexibility index (Phi) is 2.72. The van der Waals surface area contributed by atoms with Gasteiger partial charge in [0.15, 0.2) is 9.84 Å². The summed E-state index contributed by atoms with van der Waals surface area (Å²) in [5, 5.41) is 0. The van der Waals surface area contributed by atoms with E-state index in [2.05, 4.69) is 0 Å². The number of hydrogen-bond donors (Lipinski definition) is 0. The topological polar surface area (TPSA) is 54.5 Å². The number of amides is 1. The third-order valence-corrected chi connectivity index (χ3v) is 3.93. The van der Waals surface area contributed by atoms with Crippen molar-refractivity contribution in [2.75, 3.05) is 18.1 Å². The summed E-state index contributed by atoms with van der Waals surface area (Å²) in [5.41, 5.74) is 0. The lowest BCUT2D eigenvalue weighted by atomic mass is 10.2. The first-order chi connectivity index (χ1) is 5.59. The molecule has 0 aromatic heterocycles. The first-order valence-electron chi connectivity index (χ1n) is 4.00. The van der Waals surface area contributed by atoms with Crippen molar-refractivity contribution in [3.8, 4) is 0 Å². The molecule has 1 heterocycles. The van der Waals surface area contributed by atoms with Crippen LogP contribution in [0.25, 0.3) is 0 Å². The third-order valence-electron chi connectivity index (χ3n) is 2.18.